The summed E-state index contributed by atoms with van der Waals surface area (Å²) in [7, 11) is -0.932. The molecule has 0 fully saturated rings. The number of benzene rings is 1. The first-order chi connectivity index (χ1) is 8.65. The van der Waals surface area contributed by atoms with Gasteiger partial charge in [-0.1, -0.05) is 12.1 Å². The van der Waals surface area contributed by atoms with Crippen LogP contribution < -0.4 is 0 Å². The Kier molecular flexibility index (Phi) is 6.49. The lowest BCUT2D eigenvalue weighted by atomic mass is 10.2. The van der Waals surface area contributed by atoms with E-state index in [0.717, 1.165) is 12.0 Å². The van der Waals surface area contributed by atoms with E-state index in [2.05, 4.69) is 0 Å². The maximum atomic E-state index is 12.8. The lowest BCUT2D eigenvalue weighted by Crippen LogP contribution is -2.45. The van der Waals surface area contributed by atoms with Crippen molar-refractivity contribution >= 4 is 8.80 Å². The second kappa shape index (κ2) is 7.63. The first kappa shape index (κ1) is 15.3. The Morgan fingerprint density at radius 1 is 1.06 bits per heavy atom. The van der Waals surface area contributed by atoms with E-state index in [0.29, 0.717) is 19.3 Å². The Labute approximate surface area is 109 Å². The molecule has 0 amide bonds. The summed E-state index contributed by atoms with van der Waals surface area (Å²) in [4.78, 5) is 0. The van der Waals surface area contributed by atoms with Crippen LogP contribution >= 0.6 is 0 Å². The zero-order valence-corrected chi connectivity index (χ0v) is 12.2. The van der Waals surface area contributed by atoms with Gasteiger partial charge in [-0.2, -0.15) is 0 Å². The molecule has 0 radical (unpaired) electrons. The summed E-state index contributed by atoms with van der Waals surface area (Å²) in [5.74, 6) is -0.219. The van der Waals surface area contributed by atoms with Crippen LogP contribution in [0.5, 0.6) is 0 Å². The fourth-order valence-corrected chi connectivity index (χ4v) is 4.08. The minimum atomic E-state index is -2.56. The van der Waals surface area contributed by atoms with Gasteiger partial charge in [0, 0.05) is 26.4 Å². The smallest absolute Gasteiger partial charge is 0.377 e. The maximum absolute atomic E-state index is 12.8. The Morgan fingerprint density at radius 2 is 1.61 bits per heavy atom. The average Bonchev–Trinajstić information content (AvgIpc) is 2.38. The summed E-state index contributed by atoms with van der Waals surface area (Å²) < 4.78 is 29.7. The molecule has 0 heterocycles. The fraction of sp³-hybridized carbons (Fsp3) is 0.538. The van der Waals surface area contributed by atoms with Crippen molar-refractivity contribution in [1.82, 2.24) is 0 Å². The van der Waals surface area contributed by atoms with Gasteiger partial charge in [0.25, 0.3) is 0 Å². The first-order valence-corrected chi connectivity index (χ1v) is 8.16. The molecular formula is C13H21FO3Si. The van der Waals surface area contributed by atoms with Crippen LogP contribution in [0.3, 0.4) is 0 Å². The molecule has 0 aliphatic carbocycles. The van der Waals surface area contributed by atoms with Crippen molar-refractivity contribution in [3.63, 3.8) is 0 Å². The molecule has 0 atom stereocenters. The molecule has 0 spiro atoms. The molecule has 102 valence electrons. The molecule has 0 unspecified atom stereocenters. The van der Waals surface area contributed by atoms with Crippen molar-refractivity contribution in [2.75, 3.05) is 20.3 Å². The Bertz CT molecular complexity index is 337. The lowest BCUT2D eigenvalue weighted by molar-refractivity contribution is 0.0867. The molecule has 1 aromatic carbocycles. The van der Waals surface area contributed by atoms with E-state index in [1.807, 2.05) is 13.8 Å². The van der Waals surface area contributed by atoms with E-state index in [1.54, 1.807) is 19.2 Å². The monoisotopic (exact) mass is 272 g/mol. The third-order valence-corrected chi connectivity index (χ3v) is 5.61. The molecule has 18 heavy (non-hydrogen) atoms. The van der Waals surface area contributed by atoms with E-state index in [4.69, 9.17) is 13.3 Å². The largest absolute Gasteiger partial charge is 0.501 e. The molecular weight excluding hydrogens is 251 g/mol. The topological polar surface area (TPSA) is 27.7 Å². The maximum Gasteiger partial charge on any atom is 0.501 e. The van der Waals surface area contributed by atoms with Crippen LogP contribution in [0.15, 0.2) is 24.3 Å². The molecule has 0 aliphatic rings. The second-order valence-electron chi connectivity index (χ2n) is 3.88. The highest BCUT2D eigenvalue weighted by atomic mass is 28.4. The van der Waals surface area contributed by atoms with E-state index in [-0.39, 0.29) is 5.82 Å². The fourth-order valence-electron chi connectivity index (χ4n) is 1.79. The van der Waals surface area contributed by atoms with Crippen molar-refractivity contribution < 1.29 is 17.7 Å². The predicted molar refractivity (Wildman–Crippen MR) is 70.9 cm³/mol. The summed E-state index contributed by atoms with van der Waals surface area (Å²) in [5, 5.41) is 0. The van der Waals surface area contributed by atoms with Crippen LogP contribution in [-0.4, -0.2) is 29.1 Å². The van der Waals surface area contributed by atoms with Crippen molar-refractivity contribution in [2.24, 2.45) is 0 Å². The summed E-state index contributed by atoms with van der Waals surface area (Å²) in [6.45, 7) is 5.00. The average molecular weight is 272 g/mol. The van der Waals surface area contributed by atoms with Crippen molar-refractivity contribution in [3.05, 3.63) is 35.6 Å². The standard InChI is InChI=1S/C13H21FO3Si/c1-4-16-18(15-3,17-5-2)11-10-12-6-8-13(14)9-7-12/h6-9H,4-5,10-11H2,1-3H3. The SMILES string of the molecule is CCO[Si](CCc1ccc(F)cc1)(OC)OCC. The number of halogens is 1. The zero-order valence-electron chi connectivity index (χ0n) is 11.2. The number of hydrogen-bond donors (Lipinski definition) is 0. The molecule has 3 nitrogen and oxygen atoms in total. The van der Waals surface area contributed by atoms with E-state index in [1.165, 1.54) is 12.1 Å². The third kappa shape index (κ3) is 4.49. The molecule has 0 aromatic heterocycles. The van der Waals surface area contributed by atoms with Gasteiger partial charge in [-0.15, -0.1) is 0 Å². The minimum Gasteiger partial charge on any atom is -0.377 e. The Morgan fingerprint density at radius 3 is 2.06 bits per heavy atom. The molecule has 1 rings (SSSR count). The zero-order chi connectivity index (χ0) is 13.4. The van der Waals surface area contributed by atoms with Gasteiger partial charge in [-0.25, -0.2) is 4.39 Å². The number of rotatable bonds is 8. The van der Waals surface area contributed by atoms with E-state index >= 15 is 0 Å². The highest BCUT2D eigenvalue weighted by Crippen LogP contribution is 2.18. The molecule has 0 bridgehead atoms. The highest BCUT2D eigenvalue weighted by molar-refractivity contribution is 6.60. The highest BCUT2D eigenvalue weighted by Gasteiger charge is 2.38. The van der Waals surface area contributed by atoms with Crippen LogP contribution in [0.1, 0.15) is 19.4 Å². The lowest BCUT2D eigenvalue weighted by Gasteiger charge is -2.27. The van der Waals surface area contributed by atoms with Crippen LogP contribution in [-0.2, 0) is 19.7 Å². The van der Waals surface area contributed by atoms with Gasteiger partial charge in [-0.3, -0.25) is 0 Å². The van der Waals surface area contributed by atoms with Gasteiger partial charge in [0.1, 0.15) is 5.82 Å². The molecule has 0 saturated carbocycles. The van der Waals surface area contributed by atoms with Crippen LogP contribution in [0.2, 0.25) is 6.04 Å². The van der Waals surface area contributed by atoms with Crippen LogP contribution in [0.25, 0.3) is 0 Å². The van der Waals surface area contributed by atoms with Crippen molar-refractivity contribution in [1.29, 1.82) is 0 Å². The first-order valence-electron chi connectivity index (χ1n) is 6.23. The quantitative estimate of drug-likeness (QED) is 0.681. The molecule has 0 aliphatic heterocycles. The molecule has 1 aromatic rings. The molecule has 5 heteroatoms. The summed E-state index contributed by atoms with van der Waals surface area (Å²) in [6.07, 6.45) is 0.764. The van der Waals surface area contributed by atoms with Gasteiger partial charge in [-0.05, 0) is 38.0 Å². The second-order valence-corrected chi connectivity index (χ2v) is 6.73. The van der Waals surface area contributed by atoms with Gasteiger partial charge in [0.05, 0.1) is 0 Å². The van der Waals surface area contributed by atoms with Gasteiger partial charge in [0.2, 0.25) is 0 Å². The Balaban J connectivity index is 2.63. The third-order valence-electron chi connectivity index (χ3n) is 2.67. The minimum absolute atomic E-state index is 0.219. The van der Waals surface area contributed by atoms with Gasteiger partial charge in [0.15, 0.2) is 0 Å². The number of aryl methyl sites for hydroxylation is 1. The van der Waals surface area contributed by atoms with E-state index < -0.39 is 8.80 Å². The predicted octanol–water partition coefficient (Wildman–Crippen LogP) is 3.03. The number of hydrogen-bond acceptors (Lipinski definition) is 3. The van der Waals surface area contributed by atoms with Crippen LogP contribution in [0, 0.1) is 5.82 Å². The van der Waals surface area contributed by atoms with Crippen LogP contribution in [0.4, 0.5) is 4.39 Å². The van der Waals surface area contributed by atoms with Crippen molar-refractivity contribution in [2.45, 2.75) is 26.3 Å². The molecule has 0 saturated heterocycles. The van der Waals surface area contributed by atoms with Gasteiger partial charge < -0.3 is 13.3 Å². The van der Waals surface area contributed by atoms with Crippen molar-refractivity contribution in [3.8, 4) is 0 Å². The summed E-state index contributed by atoms with van der Waals surface area (Å²) in [5.41, 5.74) is 1.06. The van der Waals surface area contributed by atoms with Gasteiger partial charge >= 0.3 is 8.80 Å². The van der Waals surface area contributed by atoms with E-state index in [9.17, 15) is 4.39 Å². The Hall–Kier alpha value is -0.753. The summed E-state index contributed by atoms with van der Waals surface area (Å²) >= 11 is 0. The normalized spacial score (nSPS) is 11.8. The molecule has 0 N–H and O–H groups in total. The summed E-state index contributed by atoms with van der Waals surface area (Å²) in [6, 6.07) is 7.19.